The van der Waals surface area contributed by atoms with Crippen LogP contribution in [-0.4, -0.2) is 50.3 Å². The van der Waals surface area contributed by atoms with E-state index in [1.165, 1.54) is 17.0 Å². The topological polar surface area (TPSA) is 86.8 Å². The highest BCUT2D eigenvalue weighted by molar-refractivity contribution is 7.92. The maximum absolute atomic E-state index is 13.9. The van der Waals surface area contributed by atoms with Gasteiger partial charge in [0.05, 0.1) is 10.6 Å². The summed E-state index contributed by atoms with van der Waals surface area (Å²) in [6.45, 7) is 7.05. The van der Waals surface area contributed by atoms with E-state index in [-0.39, 0.29) is 23.4 Å². The standard InChI is InChI=1S/C30H36ClN3O4S/c1-5-23(3)32-30(36)24(4)33(19-18-25-12-8-6-9-13-25)29(35)21-34(28-17-16-26(31)20-22(28)2)39(37,38)27-14-10-7-11-15-27/h6-17,20,23-24H,5,18-19,21H2,1-4H3,(H,32,36)/t23-,24-/m0/s1. The van der Waals surface area contributed by atoms with Crippen LogP contribution in [0.25, 0.3) is 0 Å². The second-order valence-electron chi connectivity index (χ2n) is 9.57. The number of hydrogen-bond donors (Lipinski definition) is 1. The summed E-state index contributed by atoms with van der Waals surface area (Å²) >= 11 is 6.15. The summed E-state index contributed by atoms with van der Waals surface area (Å²) in [6, 6.07) is 21.6. The molecule has 0 fully saturated rings. The molecule has 0 saturated carbocycles. The number of hydrogen-bond acceptors (Lipinski definition) is 4. The predicted octanol–water partition coefficient (Wildman–Crippen LogP) is 5.22. The summed E-state index contributed by atoms with van der Waals surface area (Å²) in [5, 5.41) is 3.40. The van der Waals surface area contributed by atoms with Gasteiger partial charge in [-0.3, -0.25) is 13.9 Å². The van der Waals surface area contributed by atoms with E-state index >= 15 is 0 Å². The molecule has 3 aromatic carbocycles. The summed E-state index contributed by atoms with van der Waals surface area (Å²) < 4.78 is 28.8. The molecule has 0 aliphatic carbocycles. The molecule has 0 aliphatic rings. The molecule has 9 heteroatoms. The molecule has 3 rings (SSSR count). The van der Waals surface area contributed by atoms with Crippen LogP contribution in [0.5, 0.6) is 0 Å². The molecule has 1 N–H and O–H groups in total. The first-order valence-electron chi connectivity index (χ1n) is 13.0. The van der Waals surface area contributed by atoms with Crippen LogP contribution in [-0.2, 0) is 26.0 Å². The zero-order valence-corrected chi connectivity index (χ0v) is 24.4. The number of amides is 2. The Morgan fingerprint density at radius 1 is 0.949 bits per heavy atom. The number of halogens is 1. The lowest BCUT2D eigenvalue weighted by Crippen LogP contribution is -2.53. The summed E-state index contributed by atoms with van der Waals surface area (Å²) in [6.07, 6.45) is 1.26. The smallest absolute Gasteiger partial charge is 0.264 e. The third-order valence-electron chi connectivity index (χ3n) is 6.69. The molecule has 3 aromatic rings. The quantitative estimate of drug-likeness (QED) is 0.324. The normalized spacial score (nSPS) is 12.8. The SMILES string of the molecule is CC[C@H](C)NC(=O)[C@H](C)N(CCc1ccccc1)C(=O)CN(c1ccc(Cl)cc1C)S(=O)(=O)c1ccccc1. The van der Waals surface area contributed by atoms with E-state index in [1.807, 2.05) is 44.2 Å². The van der Waals surface area contributed by atoms with Gasteiger partial charge in [0.25, 0.3) is 10.0 Å². The van der Waals surface area contributed by atoms with Gasteiger partial charge in [-0.05, 0) is 75.1 Å². The van der Waals surface area contributed by atoms with E-state index < -0.39 is 28.5 Å². The Labute approximate surface area is 236 Å². The monoisotopic (exact) mass is 569 g/mol. The van der Waals surface area contributed by atoms with Crippen LogP contribution in [0.3, 0.4) is 0 Å². The highest BCUT2D eigenvalue weighted by Crippen LogP contribution is 2.29. The van der Waals surface area contributed by atoms with Crippen molar-refractivity contribution in [3.05, 3.63) is 95.0 Å². The zero-order valence-electron chi connectivity index (χ0n) is 22.8. The lowest BCUT2D eigenvalue weighted by Gasteiger charge is -2.33. The molecular weight excluding hydrogens is 534 g/mol. The van der Waals surface area contributed by atoms with Gasteiger partial charge in [0.1, 0.15) is 12.6 Å². The molecule has 39 heavy (non-hydrogen) atoms. The minimum absolute atomic E-state index is 0.0577. The van der Waals surface area contributed by atoms with E-state index in [9.17, 15) is 18.0 Å². The van der Waals surface area contributed by atoms with Crippen LogP contribution < -0.4 is 9.62 Å². The van der Waals surface area contributed by atoms with E-state index in [0.29, 0.717) is 22.7 Å². The fourth-order valence-corrected chi connectivity index (χ4v) is 5.89. The maximum atomic E-state index is 13.9. The molecule has 7 nitrogen and oxygen atoms in total. The number of nitrogens with one attached hydrogen (secondary N) is 1. The molecule has 0 radical (unpaired) electrons. The molecule has 2 amide bonds. The molecule has 0 saturated heterocycles. The summed E-state index contributed by atoms with van der Waals surface area (Å²) in [4.78, 5) is 28.5. The van der Waals surface area contributed by atoms with Gasteiger partial charge < -0.3 is 10.2 Å². The van der Waals surface area contributed by atoms with Crippen molar-refractivity contribution in [3.63, 3.8) is 0 Å². The van der Waals surface area contributed by atoms with Gasteiger partial charge in [-0.2, -0.15) is 0 Å². The Morgan fingerprint density at radius 2 is 1.56 bits per heavy atom. The Balaban J connectivity index is 1.99. The van der Waals surface area contributed by atoms with Gasteiger partial charge in [0, 0.05) is 17.6 Å². The largest absolute Gasteiger partial charge is 0.352 e. The van der Waals surface area contributed by atoms with Gasteiger partial charge in [0.2, 0.25) is 11.8 Å². The number of anilines is 1. The van der Waals surface area contributed by atoms with Crippen molar-refractivity contribution in [1.29, 1.82) is 0 Å². The minimum Gasteiger partial charge on any atom is -0.352 e. The zero-order chi connectivity index (χ0) is 28.6. The molecule has 0 unspecified atom stereocenters. The fraction of sp³-hybridized carbons (Fsp3) is 0.333. The van der Waals surface area contributed by atoms with Crippen molar-refractivity contribution in [2.24, 2.45) is 0 Å². The van der Waals surface area contributed by atoms with Crippen LogP contribution in [0.15, 0.2) is 83.8 Å². The lowest BCUT2D eigenvalue weighted by atomic mass is 10.1. The molecule has 0 aromatic heterocycles. The number of carbonyl (C=O) groups excluding carboxylic acids is 2. The van der Waals surface area contributed by atoms with E-state index in [0.717, 1.165) is 16.3 Å². The van der Waals surface area contributed by atoms with Crippen molar-refractivity contribution in [2.75, 3.05) is 17.4 Å². The second kappa shape index (κ2) is 13.6. The highest BCUT2D eigenvalue weighted by Gasteiger charge is 2.33. The van der Waals surface area contributed by atoms with Gasteiger partial charge in [-0.1, -0.05) is 67.1 Å². The third kappa shape index (κ3) is 7.83. The number of sulfonamides is 1. The molecule has 0 aliphatic heterocycles. The first kappa shape index (κ1) is 30.2. The first-order chi connectivity index (χ1) is 18.5. The Hall–Kier alpha value is -3.36. The first-order valence-corrected chi connectivity index (χ1v) is 14.8. The van der Waals surface area contributed by atoms with E-state index in [4.69, 9.17) is 11.6 Å². The van der Waals surface area contributed by atoms with E-state index in [2.05, 4.69) is 5.32 Å². The van der Waals surface area contributed by atoms with Crippen LogP contribution in [0.1, 0.15) is 38.3 Å². The van der Waals surface area contributed by atoms with Crippen LogP contribution in [0.2, 0.25) is 5.02 Å². The minimum atomic E-state index is -4.11. The number of benzene rings is 3. The van der Waals surface area contributed by atoms with Crippen LogP contribution in [0.4, 0.5) is 5.69 Å². The molecule has 2 atom stereocenters. The molecule has 0 heterocycles. The second-order valence-corrected chi connectivity index (χ2v) is 11.9. The summed E-state index contributed by atoms with van der Waals surface area (Å²) in [5.41, 5.74) is 1.96. The third-order valence-corrected chi connectivity index (χ3v) is 8.70. The Morgan fingerprint density at radius 3 is 2.15 bits per heavy atom. The highest BCUT2D eigenvalue weighted by atomic mass is 35.5. The van der Waals surface area contributed by atoms with Gasteiger partial charge in [0.15, 0.2) is 0 Å². The summed E-state index contributed by atoms with van der Waals surface area (Å²) in [5.74, 6) is -0.766. The fourth-order valence-electron chi connectivity index (χ4n) is 4.17. The van der Waals surface area contributed by atoms with Crippen molar-refractivity contribution in [2.45, 2.75) is 57.5 Å². The van der Waals surface area contributed by atoms with Crippen molar-refractivity contribution in [3.8, 4) is 0 Å². The Kier molecular flexibility index (Phi) is 10.5. The van der Waals surface area contributed by atoms with Gasteiger partial charge in [-0.25, -0.2) is 8.42 Å². The van der Waals surface area contributed by atoms with Crippen molar-refractivity contribution < 1.29 is 18.0 Å². The number of carbonyl (C=O) groups is 2. The number of aryl methyl sites for hydroxylation is 1. The summed E-state index contributed by atoms with van der Waals surface area (Å²) in [7, 11) is -4.11. The molecule has 208 valence electrons. The average molecular weight is 570 g/mol. The van der Waals surface area contributed by atoms with Crippen molar-refractivity contribution in [1.82, 2.24) is 10.2 Å². The molecule has 0 spiro atoms. The van der Waals surface area contributed by atoms with Crippen LogP contribution >= 0.6 is 11.6 Å². The van der Waals surface area contributed by atoms with Crippen LogP contribution in [0, 0.1) is 6.92 Å². The lowest BCUT2D eigenvalue weighted by molar-refractivity contribution is -0.139. The molecular formula is C30H36ClN3O4S. The van der Waals surface area contributed by atoms with Gasteiger partial charge >= 0.3 is 0 Å². The number of rotatable bonds is 12. The molecule has 0 bridgehead atoms. The number of nitrogens with zero attached hydrogens (tertiary/aromatic N) is 2. The average Bonchev–Trinajstić information content (AvgIpc) is 2.93. The van der Waals surface area contributed by atoms with Gasteiger partial charge in [-0.15, -0.1) is 0 Å². The maximum Gasteiger partial charge on any atom is 0.264 e. The van der Waals surface area contributed by atoms with Crippen molar-refractivity contribution >= 4 is 39.1 Å². The Bertz CT molecular complexity index is 1370. The van der Waals surface area contributed by atoms with E-state index in [1.54, 1.807) is 50.2 Å². The predicted molar refractivity (Wildman–Crippen MR) is 156 cm³/mol.